The summed E-state index contributed by atoms with van der Waals surface area (Å²) in [6, 6.07) is 23.9. The molecule has 0 spiro atoms. The molecule has 2 amide bonds. The van der Waals surface area contributed by atoms with Crippen LogP contribution in [0.1, 0.15) is 75.1 Å². The quantitative estimate of drug-likeness (QED) is 0.191. The normalized spacial score (nSPS) is 19.9. The first-order valence-electron chi connectivity index (χ1n) is 16.1. The van der Waals surface area contributed by atoms with Crippen LogP contribution in [-0.2, 0) is 16.1 Å². The average Bonchev–Trinajstić information content (AvgIpc) is 3.40. The number of aromatic nitrogens is 1. The molecular formula is C38H45N3O4. The smallest absolute Gasteiger partial charge is 0.250 e. The van der Waals surface area contributed by atoms with Crippen LogP contribution in [0.4, 0.5) is 5.69 Å². The molecule has 2 N–H and O–H groups in total. The monoisotopic (exact) mass is 607 g/mol. The van der Waals surface area contributed by atoms with Crippen molar-refractivity contribution in [2.24, 2.45) is 11.3 Å². The maximum Gasteiger partial charge on any atom is 0.250 e. The summed E-state index contributed by atoms with van der Waals surface area (Å²) < 4.78 is 11.0. The third kappa shape index (κ3) is 5.69. The molecule has 0 aliphatic heterocycles. The van der Waals surface area contributed by atoms with Gasteiger partial charge < -0.3 is 24.7 Å². The van der Waals surface area contributed by atoms with E-state index in [4.69, 9.17) is 9.47 Å². The van der Waals surface area contributed by atoms with Crippen LogP contribution in [0, 0.1) is 18.3 Å². The number of ether oxygens (including phenoxy) is 2. The summed E-state index contributed by atoms with van der Waals surface area (Å²) in [4.78, 5) is 34.7. The molecule has 2 aliphatic carbocycles. The summed E-state index contributed by atoms with van der Waals surface area (Å²) in [6.45, 7) is 7.07. The number of H-pyrrole nitrogens is 1. The summed E-state index contributed by atoms with van der Waals surface area (Å²) in [7, 11) is 3.18. The van der Waals surface area contributed by atoms with E-state index < -0.39 is 5.54 Å². The third-order valence-electron chi connectivity index (χ3n) is 10.5. The fourth-order valence-corrected chi connectivity index (χ4v) is 7.84. The van der Waals surface area contributed by atoms with Crippen LogP contribution in [0.25, 0.3) is 10.9 Å². The molecule has 4 aromatic rings. The number of carbonyl (C=O) groups is 2. The Morgan fingerprint density at radius 3 is 2.36 bits per heavy atom. The second-order valence-electron chi connectivity index (χ2n) is 13.4. The first-order valence-corrected chi connectivity index (χ1v) is 16.1. The van der Waals surface area contributed by atoms with E-state index in [9.17, 15) is 9.59 Å². The second-order valence-corrected chi connectivity index (χ2v) is 13.4. The molecular weight excluding hydrogens is 562 g/mol. The van der Waals surface area contributed by atoms with Gasteiger partial charge >= 0.3 is 0 Å². The van der Waals surface area contributed by atoms with E-state index >= 15 is 0 Å². The number of benzene rings is 3. The minimum Gasteiger partial charge on any atom is -0.497 e. The van der Waals surface area contributed by atoms with Gasteiger partial charge in [-0.1, -0.05) is 81.6 Å². The number of aromatic amines is 1. The van der Waals surface area contributed by atoms with Crippen molar-refractivity contribution in [3.63, 3.8) is 0 Å². The number of fused-ring (bicyclic) bond motifs is 1. The number of nitrogens with zero attached hydrogens (tertiary/aromatic N) is 1. The molecule has 0 radical (unpaired) electrons. The van der Waals surface area contributed by atoms with E-state index in [-0.39, 0.29) is 29.1 Å². The summed E-state index contributed by atoms with van der Waals surface area (Å²) >= 11 is 0. The SMILES string of the molecule is COc1ccc(NC(=O)C2(N(Cc3ccccc3)C(=O)C[C@H]3[C@@H](c4c(C)[nH]c5ccccc45)C3(C)C)CCCCC2)c(OC)c1. The van der Waals surface area contributed by atoms with Crippen LogP contribution in [0.5, 0.6) is 11.5 Å². The van der Waals surface area contributed by atoms with Gasteiger partial charge in [0.1, 0.15) is 17.0 Å². The van der Waals surface area contributed by atoms with Crippen molar-refractivity contribution >= 4 is 28.4 Å². The summed E-state index contributed by atoms with van der Waals surface area (Å²) in [5, 5.41) is 4.41. The number of rotatable bonds is 10. The van der Waals surface area contributed by atoms with E-state index in [1.807, 2.05) is 35.2 Å². The van der Waals surface area contributed by atoms with E-state index in [1.54, 1.807) is 32.4 Å². The van der Waals surface area contributed by atoms with Gasteiger partial charge in [-0.05, 0) is 66.3 Å². The number of para-hydroxylation sites is 1. The summed E-state index contributed by atoms with van der Waals surface area (Å²) in [5.74, 6) is 1.48. The number of hydrogen-bond donors (Lipinski definition) is 2. The van der Waals surface area contributed by atoms with Crippen LogP contribution >= 0.6 is 0 Å². The first kappa shape index (κ1) is 30.8. The zero-order valence-electron chi connectivity index (χ0n) is 27.1. The van der Waals surface area contributed by atoms with Gasteiger partial charge in [0.2, 0.25) is 11.8 Å². The fourth-order valence-electron chi connectivity index (χ4n) is 7.84. The second kappa shape index (κ2) is 12.3. The number of methoxy groups -OCH3 is 2. The molecule has 236 valence electrons. The van der Waals surface area contributed by atoms with Gasteiger partial charge in [0.15, 0.2) is 0 Å². The standard InChI is InChI=1S/C38H45N3O4/c1-25-34(28-16-10-11-17-30(28)39-25)35-29(37(35,2)3)23-33(42)41(24-26-14-8-6-9-15-26)38(20-12-7-13-21-38)36(43)40-31-19-18-27(44-4)22-32(31)45-5/h6,8-11,14-19,22,29,35,39H,7,12-13,20-21,23-24H2,1-5H3,(H,40,43)/t29-,35-/m0/s1. The number of anilines is 1. The summed E-state index contributed by atoms with van der Waals surface area (Å²) in [6.07, 6.45) is 4.45. The zero-order valence-corrected chi connectivity index (χ0v) is 27.1. The maximum absolute atomic E-state index is 14.7. The maximum atomic E-state index is 14.7. The molecule has 7 heteroatoms. The first-order chi connectivity index (χ1) is 21.7. The van der Waals surface area contributed by atoms with Crippen molar-refractivity contribution in [3.8, 4) is 11.5 Å². The summed E-state index contributed by atoms with van der Waals surface area (Å²) in [5.41, 5.74) is 4.20. The van der Waals surface area contributed by atoms with Gasteiger partial charge in [-0.15, -0.1) is 0 Å². The van der Waals surface area contributed by atoms with Gasteiger partial charge in [0, 0.05) is 35.6 Å². The van der Waals surface area contributed by atoms with Gasteiger partial charge in [0.05, 0.1) is 19.9 Å². The lowest BCUT2D eigenvalue weighted by atomic mass is 9.78. The molecule has 2 saturated carbocycles. The minimum absolute atomic E-state index is 0.0377. The number of aryl methyl sites for hydroxylation is 1. The lowest BCUT2D eigenvalue weighted by Gasteiger charge is -2.45. The fraction of sp³-hybridized carbons (Fsp3) is 0.421. The van der Waals surface area contributed by atoms with Gasteiger partial charge in [0.25, 0.3) is 0 Å². The Labute approximate surface area is 266 Å². The van der Waals surface area contributed by atoms with Crippen LogP contribution in [-0.4, -0.2) is 41.5 Å². The highest BCUT2D eigenvalue weighted by molar-refractivity contribution is 6.01. The van der Waals surface area contributed by atoms with E-state index in [0.29, 0.717) is 43.0 Å². The molecule has 2 aliphatic rings. The predicted molar refractivity (Wildman–Crippen MR) is 179 cm³/mol. The molecule has 6 rings (SSSR count). The Bertz CT molecular complexity index is 1690. The predicted octanol–water partition coefficient (Wildman–Crippen LogP) is 7.99. The molecule has 1 aromatic heterocycles. The Kier molecular flexibility index (Phi) is 8.38. The zero-order chi connectivity index (χ0) is 31.8. The lowest BCUT2D eigenvalue weighted by Crippen LogP contribution is -2.59. The van der Waals surface area contributed by atoms with E-state index in [0.717, 1.165) is 30.3 Å². The largest absolute Gasteiger partial charge is 0.497 e. The molecule has 45 heavy (non-hydrogen) atoms. The molecule has 2 fully saturated rings. The lowest BCUT2D eigenvalue weighted by molar-refractivity contribution is -0.149. The Balaban J connectivity index is 1.34. The van der Waals surface area contributed by atoms with Gasteiger partial charge in [-0.25, -0.2) is 0 Å². The number of nitrogens with one attached hydrogen (secondary N) is 2. The highest BCUT2D eigenvalue weighted by atomic mass is 16.5. The Hall–Kier alpha value is -4.26. The number of hydrogen-bond acceptors (Lipinski definition) is 4. The molecule has 1 heterocycles. The highest BCUT2D eigenvalue weighted by Crippen LogP contribution is 2.67. The van der Waals surface area contributed by atoms with Crippen LogP contribution in [0.3, 0.4) is 0 Å². The Morgan fingerprint density at radius 2 is 1.64 bits per heavy atom. The molecule has 0 saturated heterocycles. The van der Waals surface area contributed by atoms with Crippen LogP contribution in [0.15, 0.2) is 72.8 Å². The third-order valence-corrected chi connectivity index (χ3v) is 10.5. The van der Waals surface area contributed by atoms with E-state index in [2.05, 4.69) is 55.3 Å². The van der Waals surface area contributed by atoms with E-state index in [1.165, 1.54) is 16.6 Å². The number of carbonyl (C=O) groups excluding carboxylic acids is 2. The molecule has 2 atom stereocenters. The van der Waals surface area contributed by atoms with Crippen molar-refractivity contribution in [2.75, 3.05) is 19.5 Å². The van der Waals surface area contributed by atoms with Crippen molar-refractivity contribution in [3.05, 3.63) is 89.6 Å². The molecule has 0 unspecified atom stereocenters. The average molecular weight is 608 g/mol. The van der Waals surface area contributed by atoms with Gasteiger partial charge in [-0.2, -0.15) is 0 Å². The molecule has 7 nitrogen and oxygen atoms in total. The van der Waals surface area contributed by atoms with Crippen LogP contribution < -0.4 is 14.8 Å². The van der Waals surface area contributed by atoms with Crippen molar-refractivity contribution in [2.45, 2.75) is 77.3 Å². The Morgan fingerprint density at radius 1 is 0.933 bits per heavy atom. The van der Waals surface area contributed by atoms with Gasteiger partial charge in [-0.3, -0.25) is 9.59 Å². The molecule has 3 aromatic carbocycles. The van der Waals surface area contributed by atoms with Crippen molar-refractivity contribution in [1.29, 1.82) is 0 Å². The minimum atomic E-state index is -0.971. The molecule has 0 bridgehead atoms. The number of amides is 2. The topological polar surface area (TPSA) is 83.7 Å². The highest BCUT2D eigenvalue weighted by Gasteiger charge is 2.60. The van der Waals surface area contributed by atoms with Crippen LogP contribution in [0.2, 0.25) is 0 Å². The van der Waals surface area contributed by atoms with Crippen molar-refractivity contribution < 1.29 is 19.1 Å². The van der Waals surface area contributed by atoms with Crippen molar-refractivity contribution in [1.82, 2.24) is 9.88 Å².